The fourth-order valence-electron chi connectivity index (χ4n) is 4.74. The number of carbonyl (C=O) groups is 3. The Morgan fingerprint density at radius 1 is 0.973 bits per heavy atom. The van der Waals surface area contributed by atoms with Gasteiger partial charge in [-0.2, -0.15) is 0 Å². The molecule has 2 aromatic heterocycles. The van der Waals surface area contributed by atoms with E-state index in [4.69, 9.17) is 4.42 Å². The van der Waals surface area contributed by atoms with Crippen molar-refractivity contribution in [2.45, 2.75) is 44.3 Å². The van der Waals surface area contributed by atoms with Gasteiger partial charge in [0.25, 0.3) is 0 Å². The molecule has 1 aliphatic carbocycles. The smallest absolute Gasteiger partial charge is 0.317 e. The van der Waals surface area contributed by atoms with Crippen LogP contribution in [-0.2, 0) is 20.9 Å². The van der Waals surface area contributed by atoms with Crippen molar-refractivity contribution in [1.82, 2.24) is 15.6 Å². The Morgan fingerprint density at radius 3 is 2.49 bits per heavy atom. The molecule has 188 valence electrons. The summed E-state index contributed by atoms with van der Waals surface area (Å²) in [5.74, 6) is -1.42. The molecule has 5 rings (SSSR count). The predicted octanol–water partition coefficient (Wildman–Crippen LogP) is 4.28. The molecule has 0 bridgehead atoms. The first-order chi connectivity index (χ1) is 18.1. The summed E-state index contributed by atoms with van der Waals surface area (Å²) < 4.78 is 5.35. The summed E-state index contributed by atoms with van der Waals surface area (Å²) in [7, 11) is 0. The summed E-state index contributed by atoms with van der Waals surface area (Å²) in [6, 6.07) is 20.5. The van der Waals surface area contributed by atoms with E-state index in [2.05, 4.69) is 15.6 Å². The average Bonchev–Trinajstić information content (AvgIpc) is 3.65. The number of nitrogens with zero attached hydrogens (tertiary/aromatic N) is 2. The second kappa shape index (κ2) is 11.1. The third-order valence-corrected chi connectivity index (χ3v) is 6.60. The Labute approximate surface area is 214 Å². The number of fused-ring (bicyclic) bond motifs is 1. The Morgan fingerprint density at radius 2 is 1.73 bits per heavy atom. The molecule has 0 saturated heterocycles. The SMILES string of the molecule is O=C(NC1CCCC1)C(=O)N(c1cnc2ccccc2c1)C(C(=O)NCc1ccco1)c1ccccc1. The minimum Gasteiger partial charge on any atom is -0.467 e. The molecule has 1 atom stereocenters. The number of benzene rings is 2. The number of rotatable bonds is 7. The van der Waals surface area contributed by atoms with Crippen LogP contribution in [0.1, 0.15) is 43.0 Å². The molecule has 0 radical (unpaired) electrons. The molecule has 1 fully saturated rings. The number of amides is 3. The van der Waals surface area contributed by atoms with Gasteiger partial charge >= 0.3 is 11.8 Å². The zero-order chi connectivity index (χ0) is 25.6. The molecule has 1 aliphatic rings. The van der Waals surface area contributed by atoms with Crippen LogP contribution in [-0.4, -0.2) is 28.7 Å². The molecule has 0 spiro atoms. The second-order valence-corrected chi connectivity index (χ2v) is 9.13. The van der Waals surface area contributed by atoms with Crippen LogP contribution >= 0.6 is 0 Å². The zero-order valence-corrected chi connectivity index (χ0v) is 20.3. The monoisotopic (exact) mass is 496 g/mol. The van der Waals surface area contributed by atoms with Gasteiger partial charge in [0.1, 0.15) is 11.8 Å². The summed E-state index contributed by atoms with van der Waals surface area (Å²) in [5, 5.41) is 6.52. The maximum atomic E-state index is 13.8. The number of pyridine rings is 1. The molecular weight excluding hydrogens is 468 g/mol. The first kappa shape index (κ1) is 24.2. The van der Waals surface area contributed by atoms with Gasteiger partial charge < -0.3 is 15.1 Å². The van der Waals surface area contributed by atoms with Crippen molar-refractivity contribution >= 4 is 34.3 Å². The van der Waals surface area contributed by atoms with Gasteiger partial charge in [0.15, 0.2) is 0 Å². The van der Waals surface area contributed by atoms with Crippen LogP contribution in [0.15, 0.2) is 89.7 Å². The predicted molar refractivity (Wildman–Crippen MR) is 139 cm³/mol. The lowest BCUT2D eigenvalue weighted by molar-refractivity contribution is -0.139. The highest BCUT2D eigenvalue weighted by molar-refractivity contribution is 6.41. The third kappa shape index (κ3) is 5.53. The molecular formula is C29H28N4O4. The van der Waals surface area contributed by atoms with Gasteiger partial charge in [-0.25, -0.2) is 0 Å². The number of hydrogen-bond acceptors (Lipinski definition) is 5. The minimum absolute atomic E-state index is 0.0454. The van der Waals surface area contributed by atoms with E-state index in [9.17, 15) is 14.4 Å². The molecule has 1 unspecified atom stereocenters. The normalized spacial score (nSPS) is 14.3. The Hall–Kier alpha value is -4.46. The van der Waals surface area contributed by atoms with Crippen molar-refractivity contribution in [3.05, 3.63) is 96.6 Å². The van der Waals surface area contributed by atoms with E-state index in [0.717, 1.165) is 36.6 Å². The van der Waals surface area contributed by atoms with Gasteiger partial charge in [0.2, 0.25) is 5.91 Å². The highest BCUT2D eigenvalue weighted by Gasteiger charge is 2.37. The molecule has 8 nitrogen and oxygen atoms in total. The molecule has 8 heteroatoms. The lowest BCUT2D eigenvalue weighted by Crippen LogP contribution is -2.50. The van der Waals surface area contributed by atoms with Gasteiger partial charge in [-0.05, 0) is 42.7 Å². The molecule has 2 aromatic carbocycles. The number of anilines is 1. The van der Waals surface area contributed by atoms with E-state index < -0.39 is 23.8 Å². The number of hydrogen-bond donors (Lipinski definition) is 2. The van der Waals surface area contributed by atoms with Crippen molar-refractivity contribution in [1.29, 1.82) is 0 Å². The van der Waals surface area contributed by atoms with Gasteiger partial charge in [0.05, 0.1) is 30.2 Å². The summed E-state index contributed by atoms with van der Waals surface area (Å²) in [6.45, 7) is 0.140. The maximum absolute atomic E-state index is 13.8. The van der Waals surface area contributed by atoms with E-state index >= 15 is 0 Å². The van der Waals surface area contributed by atoms with E-state index in [-0.39, 0.29) is 12.6 Å². The van der Waals surface area contributed by atoms with Crippen molar-refractivity contribution in [3.63, 3.8) is 0 Å². The van der Waals surface area contributed by atoms with Crippen LogP contribution < -0.4 is 15.5 Å². The number of nitrogens with one attached hydrogen (secondary N) is 2. The maximum Gasteiger partial charge on any atom is 0.317 e. The zero-order valence-electron chi connectivity index (χ0n) is 20.3. The van der Waals surface area contributed by atoms with Crippen molar-refractivity contribution in [2.75, 3.05) is 4.90 Å². The van der Waals surface area contributed by atoms with Crippen LogP contribution in [0.4, 0.5) is 5.69 Å². The molecule has 1 saturated carbocycles. The first-order valence-corrected chi connectivity index (χ1v) is 12.4. The van der Waals surface area contributed by atoms with Crippen molar-refractivity contribution in [2.24, 2.45) is 0 Å². The van der Waals surface area contributed by atoms with Gasteiger partial charge in [-0.3, -0.25) is 24.3 Å². The Kier molecular flexibility index (Phi) is 7.26. The van der Waals surface area contributed by atoms with Crippen LogP contribution in [0.25, 0.3) is 10.9 Å². The van der Waals surface area contributed by atoms with E-state index in [1.807, 2.05) is 30.3 Å². The average molecular weight is 497 g/mol. The lowest BCUT2D eigenvalue weighted by Gasteiger charge is -2.31. The summed E-state index contributed by atoms with van der Waals surface area (Å²) in [5.41, 5.74) is 1.66. The van der Waals surface area contributed by atoms with E-state index in [1.54, 1.807) is 42.5 Å². The Bertz CT molecular complexity index is 1380. The fraction of sp³-hybridized carbons (Fsp3) is 0.241. The number of para-hydroxylation sites is 1. The van der Waals surface area contributed by atoms with E-state index in [1.165, 1.54) is 17.4 Å². The second-order valence-electron chi connectivity index (χ2n) is 9.13. The fourth-order valence-corrected chi connectivity index (χ4v) is 4.74. The van der Waals surface area contributed by atoms with Crippen molar-refractivity contribution < 1.29 is 18.8 Å². The molecule has 2 N–H and O–H groups in total. The molecule has 37 heavy (non-hydrogen) atoms. The van der Waals surface area contributed by atoms with Gasteiger partial charge in [-0.15, -0.1) is 0 Å². The Balaban J connectivity index is 1.55. The minimum atomic E-state index is -1.11. The standard InChI is InChI=1S/C29H28N4O4/c34-27(31-19-24-14-8-16-37-24)26(20-9-2-1-3-10-20)33(29(36)28(35)32-22-12-5-6-13-22)23-17-21-11-4-7-15-25(21)30-18-23/h1-4,7-11,14-18,22,26H,5-6,12-13,19H2,(H,31,34)(H,32,35). The van der Waals surface area contributed by atoms with Crippen LogP contribution in [0.2, 0.25) is 0 Å². The van der Waals surface area contributed by atoms with Gasteiger partial charge in [0, 0.05) is 11.4 Å². The van der Waals surface area contributed by atoms with E-state index in [0.29, 0.717) is 17.0 Å². The number of carbonyl (C=O) groups excluding carboxylic acids is 3. The van der Waals surface area contributed by atoms with Crippen LogP contribution in [0, 0.1) is 0 Å². The summed E-state index contributed by atoms with van der Waals surface area (Å²) in [4.78, 5) is 46.5. The highest BCUT2D eigenvalue weighted by Crippen LogP contribution is 2.30. The quantitative estimate of drug-likeness (QED) is 0.372. The summed E-state index contributed by atoms with van der Waals surface area (Å²) >= 11 is 0. The number of aromatic nitrogens is 1. The topological polar surface area (TPSA) is 105 Å². The molecule has 4 aromatic rings. The number of furan rings is 1. The third-order valence-electron chi connectivity index (χ3n) is 6.60. The van der Waals surface area contributed by atoms with Crippen LogP contribution in [0.3, 0.4) is 0 Å². The van der Waals surface area contributed by atoms with Gasteiger partial charge in [-0.1, -0.05) is 61.4 Å². The van der Waals surface area contributed by atoms with Crippen LogP contribution in [0.5, 0.6) is 0 Å². The highest BCUT2D eigenvalue weighted by atomic mass is 16.3. The summed E-state index contributed by atoms with van der Waals surface area (Å²) in [6.07, 6.45) is 6.75. The lowest BCUT2D eigenvalue weighted by atomic mass is 10.0. The molecule has 0 aliphatic heterocycles. The molecule has 3 amide bonds. The molecule has 2 heterocycles. The van der Waals surface area contributed by atoms with Crippen molar-refractivity contribution in [3.8, 4) is 0 Å². The largest absolute Gasteiger partial charge is 0.467 e. The first-order valence-electron chi connectivity index (χ1n) is 12.4.